The van der Waals surface area contributed by atoms with Crippen molar-refractivity contribution in [1.29, 1.82) is 0 Å². The molecule has 1 aromatic carbocycles. The molecule has 2 aliphatic rings. The summed E-state index contributed by atoms with van der Waals surface area (Å²) in [6.07, 6.45) is 4.23. The van der Waals surface area contributed by atoms with Gasteiger partial charge in [-0.15, -0.1) is 0 Å². The van der Waals surface area contributed by atoms with E-state index >= 15 is 0 Å². The van der Waals surface area contributed by atoms with Crippen molar-refractivity contribution in [2.24, 2.45) is 5.92 Å². The minimum Gasteiger partial charge on any atom is -0.378 e. The number of rotatable bonds is 5. The molecule has 0 bridgehead atoms. The van der Waals surface area contributed by atoms with Crippen LogP contribution in [0.1, 0.15) is 29.9 Å². The van der Waals surface area contributed by atoms with Crippen molar-refractivity contribution in [2.75, 3.05) is 20.2 Å². The van der Waals surface area contributed by atoms with Gasteiger partial charge in [0.25, 0.3) is 0 Å². The van der Waals surface area contributed by atoms with Gasteiger partial charge in [-0.2, -0.15) is 0 Å². The van der Waals surface area contributed by atoms with Crippen molar-refractivity contribution in [3.8, 4) is 0 Å². The second-order valence-corrected chi connectivity index (χ2v) is 5.45. The molecule has 1 atom stereocenters. The molecule has 17 heavy (non-hydrogen) atoms. The van der Waals surface area contributed by atoms with E-state index in [1.54, 1.807) is 0 Å². The van der Waals surface area contributed by atoms with Crippen LogP contribution in [0.15, 0.2) is 24.3 Å². The molecule has 0 heterocycles. The molecule has 2 aliphatic carbocycles. The average Bonchev–Trinajstić information content (AvgIpc) is 2.26. The molecule has 2 heteroatoms. The van der Waals surface area contributed by atoms with Gasteiger partial charge in [0.05, 0.1) is 12.7 Å². The Bertz CT molecular complexity index is 384. The Hall–Kier alpha value is -0.860. The fourth-order valence-electron chi connectivity index (χ4n) is 3.03. The summed E-state index contributed by atoms with van der Waals surface area (Å²) in [6.45, 7) is 2.07. The zero-order valence-electron chi connectivity index (χ0n) is 10.5. The fraction of sp³-hybridized carbons (Fsp3) is 0.600. The second-order valence-electron chi connectivity index (χ2n) is 5.45. The van der Waals surface area contributed by atoms with E-state index in [0.717, 1.165) is 19.1 Å². The van der Waals surface area contributed by atoms with Gasteiger partial charge in [0, 0.05) is 5.92 Å². The molecule has 0 saturated heterocycles. The van der Waals surface area contributed by atoms with Crippen molar-refractivity contribution in [3.63, 3.8) is 0 Å². The molecule has 1 saturated carbocycles. The van der Waals surface area contributed by atoms with Crippen molar-refractivity contribution in [2.45, 2.75) is 31.3 Å². The van der Waals surface area contributed by atoms with Crippen LogP contribution in [0.2, 0.25) is 0 Å². The highest BCUT2D eigenvalue weighted by molar-refractivity contribution is 5.39. The van der Waals surface area contributed by atoms with E-state index in [0.29, 0.717) is 12.0 Å². The van der Waals surface area contributed by atoms with E-state index in [-0.39, 0.29) is 0 Å². The number of hydrogen-bond donors (Lipinski definition) is 1. The minimum absolute atomic E-state index is 0.529. The Kier molecular flexibility index (Phi) is 3.17. The molecule has 1 fully saturated rings. The summed E-state index contributed by atoms with van der Waals surface area (Å²) in [6, 6.07) is 8.75. The van der Waals surface area contributed by atoms with Gasteiger partial charge in [0.1, 0.15) is 0 Å². The number of fused-ring (bicyclic) bond motifs is 1. The third-order valence-corrected chi connectivity index (χ3v) is 4.18. The molecule has 92 valence electrons. The molecular formula is C15H21NO. The van der Waals surface area contributed by atoms with Crippen LogP contribution in [-0.2, 0) is 11.2 Å². The number of benzene rings is 1. The number of nitrogens with one attached hydrogen (secondary N) is 1. The lowest BCUT2D eigenvalue weighted by atomic mass is 9.78. The molecular weight excluding hydrogens is 210 g/mol. The van der Waals surface area contributed by atoms with Crippen LogP contribution >= 0.6 is 0 Å². The average molecular weight is 231 g/mol. The number of hydrogen-bond acceptors (Lipinski definition) is 2. The third kappa shape index (κ3) is 2.24. The van der Waals surface area contributed by atoms with E-state index in [4.69, 9.17) is 4.74 Å². The molecule has 2 nitrogen and oxygen atoms in total. The molecule has 0 amide bonds. The SMILES string of the molecule is CNCC1CC(OCC2Cc3ccccc32)C1. The maximum absolute atomic E-state index is 5.99. The maximum Gasteiger partial charge on any atom is 0.0581 e. The predicted octanol–water partition coefficient (Wildman–Crippen LogP) is 2.34. The van der Waals surface area contributed by atoms with Crippen LogP contribution in [0.5, 0.6) is 0 Å². The molecule has 1 aromatic rings. The zero-order valence-corrected chi connectivity index (χ0v) is 10.5. The Morgan fingerprint density at radius 3 is 2.88 bits per heavy atom. The van der Waals surface area contributed by atoms with Gasteiger partial charge in [-0.1, -0.05) is 24.3 Å². The normalized spacial score (nSPS) is 30.3. The van der Waals surface area contributed by atoms with Crippen LogP contribution in [0.4, 0.5) is 0 Å². The van der Waals surface area contributed by atoms with Gasteiger partial charge < -0.3 is 10.1 Å². The molecule has 3 rings (SSSR count). The highest BCUT2D eigenvalue weighted by atomic mass is 16.5. The van der Waals surface area contributed by atoms with Crippen molar-refractivity contribution >= 4 is 0 Å². The van der Waals surface area contributed by atoms with Gasteiger partial charge in [-0.25, -0.2) is 0 Å². The Morgan fingerprint density at radius 2 is 2.12 bits per heavy atom. The maximum atomic E-state index is 5.99. The summed E-state index contributed by atoms with van der Waals surface area (Å²) in [4.78, 5) is 0. The summed E-state index contributed by atoms with van der Waals surface area (Å²) >= 11 is 0. The van der Waals surface area contributed by atoms with Crippen molar-refractivity contribution < 1.29 is 4.74 Å². The second kappa shape index (κ2) is 4.79. The minimum atomic E-state index is 0.529. The molecule has 1 N–H and O–H groups in total. The quantitative estimate of drug-likeness (QED) is 0.840. The standard InChI is InChI=1S/C15H21NO/c1-16-9-11-6-14(7-11)17-10-13-8-12-4-2-3-5-15(12)13/h2-5,11,13-14,16H,6-10H2,1H3. The zero-order chi connectivity index (χ0) is 11.7. The van der Waals surface area contributed by atoms with Gasteiger partial charge in [0.15, 0.2) is 0 Å². The van der Waals surface area contributed by atoms with E-state index < -0.39 is 0 Å². The predicted molar refractivity (Wildman–Crippen MR) is 69.3 cm³/mol. The van der Waals surface area contributed by atoms with E-state index in [2.05, 4.69) is 29.6 Å². The number of ether oxygens (including phenoxy) is 1. The van der Waals surface area contributed by atoms with Crippen LogP contribution < -0.4 is 5.32 Å². The Morgan fingerprint density at radius 1 is 1.29 bits per heavy atom. The largest absolute Gasteiger partial charge is 0.378 e. The smallest absolute Gasteiger partial charge is 0.0581 e. The summed E-state index contributed by atoms with van der Waals surface area (Å²) in [5.74, 6) is 1.51. The van der Waals surface area contributed by atoms with Crippen molar-refractivity contribution in [1.82, 2.24) is 5.32 Å². The van der Waals surface area contributed by atoms with Crippen molar-refractivity contribution in [3.05, 3.63) is 35.4 Å². The summed E-state index contributed by atoms with van der Waals surface area (Å²) in [5.41, 5.74) is 3.03. The molecule has 0 radical (unpaired) electrons. The van der Waals surface area contributed by atoms with Crippen LogP contribution in [0.3, 0.4) is 0 Å². The van der Waals surface area contributed by atoms with Crippen LogP contribution in [-0.4, -0.2) is 26.3 Å². The van der Waals surface area contributed by atoms with Gasteiger partial charge in [-0.05, 0) is 49.9 Å². The first-order valence-corrected chi connectivity index (χ1v) is 6.71. The topological polar surface area (TPSA) is 21.3 Å². The highest BCUT2D eigenvalue weighted by Gasteiger charge is 2.32. The molecule has 0 spiro atoms. The van der Waals surface area contributed by atoms with Gasteiger partial charge in [-0.3, -0.25) is 0 Å². The molecule has 1 unspecified atom stereocenters. The fourth-order valence-corrected chi connectivity index (χ4v) is 3.03. The Balaban J connectivity index is 1.40. The molecule has 0 aromatic heterocycles. The van der Waals surface area contributed by atoms with Crippen LogP contribution in [0, 0.1) is 5.92 Å². The van der Waals surface area contributed by atoms with Gasteiger partial charge >= 0.3 is 0 Å². The lowest BCUT2D eigenvalue weighted by molar-refractivity contribution is -0.0371. The third-order valence-electron chi connectivity index (χ3n) is 4.18. The summed E-state index contributed by atoms with van der Waals surface area (Å²) < 4.78 is 5.99. The highest BCUT2D eigenvalue weighted by Crippen LogP contribution is 2.37. The Labute approximate surface area is 103 Å². The lowest BCUT2D eigenvalue weighted by Gasteiger charge is -2.38. The summed E-state index contributed by atoms with van der Waals surface area (Å²) in [7, 11) is 2.03. The first kappa shape index (κ1) is 11.2. The van der Waals surface area contributed by atoms with E-state index in [1.807, 2.05) is 7.05 Å². The summed E-state index contributed by atoms with van der Waals surface area (Å²) in [5, 5.41) is 3.23. The van der Waals surface area contributed by atoms with E-state index in [1.165, 1.54) is 30.4 Å². The lowest BCUT2D eigenvalue weighted by Crippen LogP contribution is -2.38. The van der Waals surface area contributed by atoms with E-state index in [9.17, 15) is 0 Å². The monoisotopic (exact) mass is 231 g/mol. The first-order valence-electron chi connectivity index (χ1n) is 6.71. The first-order chi connectivity index (χ1) is 8.36. The van der Waals surface area contributed by atoms with Gasteiger partial charge in [0.2, 0.25) is 0 Å². The molecule has 0 aliphatic heterocycles. The van der Waals surface area contributed by atoms with Crippen LogP contribution in [0.25, 0.3) is 0 Å².